The van der Waals surface area contributed by atoms with E-state index in [0.717, 1.165) is 5.57 Å². The van der Waals surface area contributed by atoms with E-state index in [0.29, 0.717) is 19.4 Å². The molecule has 1 unspecified atom stereocenters. The molecule has 18 heavy (non-hydrogen) atoms. The molecule has 0 saturated carbocycles. The van der Waals surface area contributed by atoms with Gasteiger partial charge in [-0.1, -0.05) is 30.7 Å². The van der Waals surface area contributed by atoms with E-state index in [1.54, 1.807) is 6.92 Å². The fraction of sp³-hybridized carbons (Fsp3) is 0.571. The van der Waals surface area contributed by atoms with E-state index in [1.807, 2.05) is 39.0 Å². The van der Waals surface area contributed by atoms with Crippen LogP contribution >= 0.6 is 0 Å². The van der Waals surface area contributed by atoms with Crippen LogP contribution in [0.1, 0.15) is 40.5 Å². The van der Waals surface area contributed by atoms with Crippen LogP contribution in [0, 0.1) is 0 Å². The number of likely N-dealkylation sites (N-methyl/N-ethyl adjacent to an activating group) is 1. The Morgan fingerprint density at radius 1 is 1.22 bits per heavy atom. The van der Waals surface area contributed by atoms with Crippen LogP contribution in [0.4, 0.5) is 0 Å². The Bertz CT molecular complexity index is 333. The maximum atomic E-state index is 11.9. The van der Waals surface area contributed by atoms with E-state index in [1.165, 1.54) is 0 Å². The summed E-state index contributed by atoms with van der Waals surface area (Å²) in [5.74, 6) is -0.245. The Morgan fingerprint density at radius 2 is 1.89 bits per heavy atom. The predicted octanol–water partition coefficient (Wildman–Crippen LogP) is 1.93. The standard InChI is InChI=1S/C14H24N2O2/c1-5-9-11(6-2)10-12(14(18)15-8-4)16-13(17)7-3/h5-6,9,12H,7-8,10H2,1-4H3,(H,15,18)(H,16,17)/b9-5-,11-6+. The monoisotopic (exact) mass is 252 g/mol. The molecule has 102 valence electrons. The molecule has 0 aromatic rings. The predicted molar refractivity (Wildman–Crippen MR) is 74.1 cm³/mol. The molecule has 2 amide bonds. The largest absolute Gasteiger partial charge is 0.355 e. The van der Waals surface area contributed by atoms with Crippen molar-refractivity contribution < 1.29 is 9.59 Å². The quantitative estimate of drug-likeness (QED) is 0.680. The molecule has 0 spiro atoms. The van der Waals surface area contributed by atoms with E-state index >= 15 is 0 Å². The van der Waals surface area contributed by atoms with E-state index in [9.17, 15) is 9.59 Å². The van der Waals surface area contributed by atoms with E-state index < -0.39 is 6.04 Å². The Morgan fingerprint density at radius 3 is 2.33 bits per heavy atom. The van der Waals surface area contributed by atoms with Crippen LogP contribution in [0.15, 0.2) is 23.8 Å². The van der Waals surface area contributed by atoms with Crippen LogP contribution in [-0.2, 0) is 9.59 Å². The van der Waals surface area contributed by atoms with Gasteiger partial charge in [0.05, 0.1) is 0 Å². The van der Waals surface area contributed by atoms with Crippen LogP contribution in [0.5, 0.6) is 0 Å². The fourth-order valence-corrected chi connectivity index (χ4v) is 1.53. The highest BCUT2D eigenvalue weighted by molar-refractivity contribution is 5.87. The van der Waals surface area contributed by atoms with Gasteiger partial charge in [0, 0.05) is 19.4 Å². The van der Waals surface area contributed by atoms with Crippen molar-refractivity contribution in [2.24, 2.45) is 0 Å². The topological polar surface area (TPSA) is 58.2 Å². The van der Waals surface area contributed by atoms with Crippen LogP contribution < -0.4 is 10.6 Å². The maximum Gasteiger partial charge on any atom is 0.242 e. The van der Waals surface area contributed by atoms with Crippen molar-refractivity contribution in [1.82, 2.24) is 10.6 Å². The lowest BCUT2D eigenvalue weighted by atomic mass is 10.0. The maximum absolute atomic E-state index is 11.9. The summed E-state index contributed by atoms with van der Waals surface area (Å²) in [7, 11) is 0. The van der Waals surface area contributed by atoms with Crippen molar-refractivity contribution in [3.05, 3.63) is 23.8 Å². The Hall–Kier alpha value is -1.58. The molecule has 0 fully saturated rings. The molecule has 0 aromatic heterocycles. The smallest absolute Gasteiger partial charge is 0.242 e. The molecule has 1 atom stereocenters. The molecule has 0 saturated heterocycles. The van der Waals surface area contributed by atoms with Gasteiger partial charge in [-0.25, -0.2) is 0 Å². The number of hydrogen-bond acceptors (Lipinski definition) is 2. The van der Waals surface area contributed by atoms with Gasteiger partial charge in [-0.2, -0.15) is 0 Å². The van der Waals surface area contributed by atoms with Crippen molar-refractivity contribution in [2.75, 3.05) is 6.54 Å². The highest BCUT2D eigenvalue weighted by Gasteiger charge is 2.19. The first-order valence-electron chi connectivity index (χ1n) is 6.43. The average molecular weight is 252 g/mol. The van der Waals surface area contributed by atoms with Crippen molar-refractivity contribution in [1.29, 1.82) is 0 Å². The molecule has 0 rings (SSSR count). The fourth-order valence-electron chi connectivity index (χ4n) is 1.53. The van der Waals surface area contributed by atoms with Gasteiger partial charge in [-0.15, -0.1) is 0 Å². The second kappa shape index (κ2) is 9.45. The number of rotatable bonds is 7. The minimum Gasteiger partial charge on any atom is -0.355 e. The number of carbonyl (C=O) groups excluding carboxylic acids is 2. The van der Waals surface area contributed by atoms with E-state index in [4.69, 9.17) is 0 Å². The molecule has 2 N–H and O–H groups in total. The highest BCUT2D eigenvalue weighted by Crippen LogP contribution is 2.08. The van der Waals surface area contributed by atoms with Crippen LogP contribution in [-0.4, -0.2) is 24.4 Å². The Balaban J connectivity index is 4.75. The van der Waals surface area contributed by atoms with E-state index in [2.05, 4.69) is 10.6 Å². The summed E-state index contributed by atoms with van der Waals surface area (Å²) < 4.78 is 0. The van der Waals surface area contributed by atoms with Gasteiger partial charge in [0.15, 0.2) is 0 Å². The summed E-state index contributed by atoms with van der Waals surface area (Å²) in [6, 6.07) is -0.500. The molecule has 0 aliphatic rings. The third-order valence-corrected chi connectivity index (χ3v) is 2.52. The molecular weight excluding hydrogens is 228 g/mol. The molecule has 0 aromatic carbocycles. The van der Waals surface area contributed by atoms with Gasteiger partial charge in [0.25, 0.3) is 0 Å². The average Bonchev–Trinajstić information content (AvgIpc) is 2.37. The SMILES string of the molecule is C/C=C\C(=C/C)CC(NC(=O)CC)C(=O)NCC. The van der Waals surface area contributed by atoms with Crippen molar-refractivity contribution in [3.63, 3.8) is 0 Å². The first-order valence-corrected chi connectivity index (χ1v) is 6.43. The minimum atomic E-state index is -0.500. The van der Waals surface area contributed by atoms with Gasteiger partial charge >= 0.3 is 0 Å². The third-order valence-electron chi connectivity index (χ3n) is 2.52. The number of amides is 2. The lowest BCUT2D eigenvalue weighted by Crippen LogP contribution is -2.46. The normalized spacial score (nSPS) is 13.4. The Labute approximate surface area is 110 Å². The molecule has 4 nitrogen and oxygen atoms in total. The number of allylic oxidation sites excluding steroid dienone is 3. The molecule has 0 aliphatic heterocycles. The number of nitrogens with one attached hydrogen (secondary N) is 2. The van der Waals surface area contributed by atoms with Gasteiger partial charge < -0.3 is 10.6 Å². The zero-order valence-corrected chi connectivity index (χ0v) is 11.7. The summed E-state index contributed by atoms with van der Waals surface area (Å²) >= 11 is 0. The molecule has 0 bridgehead atoms. The number of hydrogen-bond donors (Lipinski definition) is 2. The van der Waals surface area contributed by atoms with Gasteiger partial charge in [-0.3, -0.25) is 9.59 Å². The first kappa shape index (κ1) is 16.4. The minimum absolute atomic E-state index is 0.109. The van der Waals surface area contributed by atoms with Gasteiger partial charge in [0.1, 0.15) is 6.04 Å². The molecule has 0 radical (unpaired) electrons. The molecule has 0 heterocycles. The lowest BCUT2D eigenvalue weighted by molar-refractivity contribution is -0.128. The summed E-state index contributed by atoms with van der Waals surface area (Å²) in [5.41, 5.74) is 1.03. The zero-order chi connectivity index (χ0) is 14.0. The zero-order valence-electron chi connectivity index (χ0n) is 11.7. The van der Waals surface area contributed by atoms with Gasteiger partial charge in [0.2, 0.25) is 11.8 Å². The van der Waals surface area contributed by atoms with Crippen molar-refractivity contribution in [3.8, 4) is 0 Å². The molecule has 4 heteroatoms. The van der Waals surface area contributed by atoms with Crippen LogP contribution in [0.25, 0.3) is 0 Å². The highest BCUT2D eigenvalue weighted by atomic mass is 16.2. The van der Waals surface area contributed by atoms with E-state index in [-0.39, 0.29) is 11.8 Å². The van der Waals surface area contributed by atoms with Crippen LogP contribution in [0.2, 0.25) is 0 Å². The summed E-state index contributed by atoms with van der Waals surface area (Å²) in [6.07, 6.45) is 6.71. The Kier molecular flexibility index (Phi) is 8.62. The van der Waals surface area contributed by atoms with Crippen molar-refractivity contribution >= 4 is 11.8 Å². The van der Waals surface area contributed by atoms with Crippen LogP contribution in [0.3, 0.4) is 0 Å². The summed E-state index contributed by atoms with van der Waals surface area (Å²) in [5, 5.41) is 5.49. The second-order valence-electron chi connectivity index (χ2n) is 3.94. The molecular formula is C14H24N2O2. The first-order chi connectivity index (χ1) is 8.58. The third kappa shape index (κ3) is 6.23. The van der Waals surface area contributed by atoms with Crippen molar-refractivity contribution in [2.45, 2.75) is 46.6 Å². The lowest BCUT2D eigenvalue weighted by Gasteiger charge is -2.18. The summed E-state index contributed by atoms with van der Waals surface area (Å²) in [4.78, 5) is 23.3. The molecule has 0 aliphatic carbocycles. The summed E-state index contributed by atoms with van der Waals surface area (Å²) in [6.45, 7) is 8.04. The number of carbonyl (C=O) groups is 2. The van der Waals surface area contributed by atoms with Gasteiger partial charge in [-0.05, 0) is 20.8 Å². The second-order valence-corrected chi connectivity index (χ2v) is 3.94.